The number of unbranched alkanes of at least 4 members (excludes halogenated alkanes) is 1. The Bertz CT molecular complexity index is 432. The molecule has 0 aliphatic rings. The fraction of sp³-hybridized carbons (Fsp3) is 0.562. The van der Waals surface area contributed by atoms with Crippen molar-refractivity contribution in [2.75, 3.05) is 19.4 Å². The first kappa shape index (κ1) is 16.3. The van der Waals surface area contributed by atoms with E-state index in [2.05, 4.69) is 19.2 Å². The smallest absolute Gasteiger partial charge is 0.255 e. The molecule has 1 unspecified atom stereocenters. The van der Waals surface area contributed by atoms with E-state index < -0.39 is 0 Å². The van der Waals surface area contributed by atoms with Crippen molar-refractivity contribution in [1.82, 2.24) is 5.32 Å². The van der Waals surface area contributed by atoms with E-state index in [4.69, 9.17) is 10.5 Å². The lowest BCUT2D eigenvalue weighted by molar-refractivity contribution is 0.0943. The maximum Gasteiger partial charge on any atom is 0.255 e. The lowest BCUT2D eigenvalue weighted by atomic mass is 9.99. The minimum atomic E-state index is -0.121. The van der Waals surface area contributed by atoms with Crippen LogP contribution in [0.1, 0.15) is 49.9 Å². The molecule has 0 aliphatic carbocycles. The van der Waals surface area contributed by atoms with Gasteiger partial charge in [-0.05, 0) is 24.5 Å². The van der Waals surface area contributed by atoms with Gasteiger partial charge in [0.25, 0.3) is 5.91 Å². The number of hydrogen-bond donors (Lipinski definition) is 2. The topological polar surface area (TPSA) is 64.4 Å². The van der Waals surface area contributed by atoms with Crippen LogP contribution in [-0.2, 0) is 0 Å². The first-order valence-corrected chi connectivity index (χ1v) is 7.34. The maximum atomic E-state index is 12.2. The first-order valence-electron chi connectivity index (χ1n) is 7.34. The summed E-state index contributed by atoms with van der Waals surface area (Å²) in [4.78, 5) is 12.2. The molecule has 4 heteroatoms. The summed E-state index contributed by atoms with van der Waals surface area (Å²) in [7, 11) is 1.53. The van der Waals surface area contributed by atoms with Gasteiger partial charge in [0.05, 0.1) is 18.4 Å². The normalized spacial score (nSPS) is 11.9. The van der Waals surface area contributed by atoms with Crippen LogP contribution in [0.3, 0.4) is 0 Å². The predicted molar refractivity (Wildman–Crippen MR) is 83.0 cm³/mol. The largest absolute Gasteiger partial charge is 0.494 e. The number of nitrogens with two attached hydrogens (primary N) is 1. The highest BCUT2D eigenvalue weighted by Gasteiger charge is 2.15. The van der Waals surface area contributed by atoms with Crippen molar-refractivity contribution < 1.29 is 9.53 Å². The Morgan fingerprint density at radius 3 is 2.75 bits per heavy atom. The fourth-order valence-corrected chi connectivity index (χ4v) is 2.24. The Kier molecular flexibility index (Phi) is 6.91. The summed E-state index contributed by atoms with van der Waals surface area (Å²) < 4.78 is 5.21. The fourth-order valence-electron chi connectivity index (χ4n) is 2.24. The molecule has 1 aromatic carbocycles. The molecule has 1 amide bonds. The molecule has 0 spiro atoms. The molecule has 0 saturated heterocycles. The number of para-hydroxylation sites is 1. The van der Waals surface area contributed by atoms with Gasteiger partial charge in [-0.1, -0.05) is 39.2 Å². The Hall–Kier alpha value is -1.71. The summed E-state index contributed by atoms with van der Waals surface area (Å²) in [6.45, 7) is 5.05. The second-order valence-corrected chi connectivity index (χ2v) is 5.05. The highest BCUT2D eigenvalue weighted by molar-refractivity contribution is 5.98. The molecule has 0 fully saturated rings. The molecule has 0 aliphatic heterocycles. The second-order valence-electron chi connectivity index (χ2n) is 5.05. The van der Waals surface area contributed by atoms with Gasteiger partial charge >= 0.3 is 0 Å². The van der Waals surface area contributed by atoms with Crippen LogP contribution in [0, 0.1) is 5.92 Å². The third kappa shape index (κ3) is 4.44. The molecule has 0 radical (unpaired) electrons. The van der Waals surface area contributed by atoms with E-state index in [9.17, 15) is 4.79 Å². The summed E-state index contributed by atoms with van der Waals surface area (Å²) in [6, 6.07) is 5.23. The third-order valence-corrected chi connectivity index (χ3v) is 3.59. The average Bonchev–Trinajstić information content (AvgIpc) is 2.46. The molecule has 0 bridgehead atoms. The number of nitrogens with one attached hydrogen (secondary N) is 1. The Morgan fingerprint density at radius 1 is 1.40 bits per heavy atom. The number of carbonyl (C=O) groups is 1. The summed E-state index contributed by atoms with van der Waals surface area (Å²) >= 11 is 0. The van der Waals surface area contributed by atoms with Gasteiger partial charge in [-0.2, -0.15) is 0 Å². The van der Waals surface area contributed by atoms with Crippen molar-refractivity contribution in [3.8, 4) is 5.75 Å². The van der Waals surface area contributed by atoms with E-state index in [1.807, 2.05) is 0 Å². The molecule has 1 atom stereocenters. The number of anilines is 1. The minimum Gasteiger partial charge on any atom is -0.494 e. The van der Waals surface area contributed by atoms with Gasteiger partial charge in [0.15, 0.2) is 5.75 Å². The van der Waals surface area contributed by atoms with Gasteiger partial charge in [-0.3, -0.25) is 4.79 Å². The zero-order valence-electron chi connectivity index (χ0n) is 12.7. The average molecular weight is 278 g/mol. The Balaban J connectivity index is 2.65. The third-order valence-electron chi connectivity index (χ3n) is 3.59. The van der Waals surface area contributed by atoms with Crippen LogP contribution in [0.4, 0.5) is 5.69 Å². The molecule has 112 valence electrons. The monoisotopic (exact) mass is 278 g/mol. The van der Waals surface area contributed by atoms with E-state index in [1.54, 1.807) is 18.2 Å². The molecule has 4 nitrogen and oxygen atoms in total. The van der Waals surface area contributed by atoms with Crippen LogP contribution in [-0.4, -0.2) is 19.6 Å². The van der Waals surface area contributed by atoms with Crippen molar-refractivity contribution in [3.63, 3.8) is 0 Å². The van der Waals surface area contributed by atoms with Gasteiger partial charge in [0.1, 0.15) is 0 Å². The summed E-state index contributed by atoms with van der Waals surface area (Å²) in [5, 5.41) is 2.99. The summed E-state index contributed by atoms with van der Waals surface area (Å²) in [5.41, 5.74) is 6.79. The second kappa shape index (κ2) is 8.46. The van der Waals surface area contributed by atoms with Gasteiger partial charge in [0, 0.05) is 6.54 Å². The molecule has 0 aromatic heterocycles. The van der Waals surface area contributed by atoms with Crippen molar-refractivity contribution in [3.05, 3.63) is 23.8 Å². The number of methoxy groups -OCH3 is 1. The zero-order valence-corrected chi connectivity index (χ0v) is 12.7. The molecular weight excluding hydrogens is 252 g/mol. The van der Waals surface area contributed by atoms with Crippen LogP contribution < -0.4 is 15.8 Å². The number of benzene rings is 1. The molecule has 1 aromatic rings. The van der Waals surface area contributed by atoms with E-state index in [1.165, 1.54) is 20.0 Å². The first-order chi connectivity index (χ1) is 9.63. The highest BCUT2D eigenvalue weighted by atomic mass is 16.5. The van der Waals surface area contributed by atoms with Crippen molar-refractivity contribution >= 4 is 11.6 Å². The number of rotatable bonds is 8. The molecule has 1 rings (SSSR count). The molecular formula is C16H26N2O2. The van der Waals surface area contributed by atoms with Crippen LogP contribution in [0.5, 0.6) is 5.75 Å². The van der Waals surface area contributed by atoms with Crippen LogP contribution in [0.25, 0.3) is 0 Å². The lowest BCUT2D eigenvalue weighted by Crippen LogP contribution is -2.29. The zero-order chi connectivity index (χ0) is 15.0. The van der Waals surface area contributed by atoms with Crippen molar-refractivity contribution in [2.24, 2.45) is 5.92 Å². The van der Waals surface area contributed by atoms with Gasteiger partial charge < -0.3 is 15.8 Å². The van der Waals surface area contributed by atoms with Gasteiger partial charge in [-0.25, -0.2) is 0 Å². The SMILES string of the molecule is CCCCC(CC)CNC(=O)c1cccc(N)c1OC. The van der Waals surface area contributed by atoms with E-state index >= 15 is 0 Å². The van der Waals surface area contributed by atoms with Gasteiger partial charge in [-0.15, -0.1) is 0 Å². The molecule has 20 heavy (non-hydrogen) atoms. The van der Waals surface area contributed by atoms with E-state index in [0.717, 1.165) is 12.8 Å². The molecule has 0 saturated carbocycles. The number of ether oxygens (including phenoxy) is 1. The van der Waals surface area contributed by atoms with E-state index in [-0.39, 0.29) is 5.91 Å². The van der Waals surface area contributed by atoms with Gasteiger partial charge in [0.2, 0.25) is 0 Å². The Labute approximate surface area is 121 Å². The van der Waals surface area contributed by atoms with Crippen LogP contribution >= 0.6 is 0 Å². The quantitative estimate of drug-likeness (QED) is 0.718. The lowest BCUT2D eigenvalue weighted by Gasteiger charge is -2.16. The molecule has 0 heterocycles. The van der Waals surface area contributed by atoms with Crippen molar-refractivity contribution in [1.29, 1.82) is 0 Å². The maximum absolute atomic E-state index is 12.2. The minimum absolute atomic E-state index is 0.121. The molecule has 3 N–H and O–H groups in total. The predicted octanol–water partition coefficient (Wildman–Crippen LogP) is 3.22. The Morgan fingerprint density at radius 2 is 2.15 bits per heavy atom. The van der Waals surface area contributed by atoms with Crippen LogP contribution in [0.15, 0.2) is 18.2 Å². The number of hydrogen-bond acceptors (Lipinski definition) is 3. The highest BCUT2D eigenvalue weighted by Crippen LogP contribution is 2.25. The van der Waals surface area contributed by atoms with Crippen LogP contribution in [0.2, 0.25) is 0 Å². The number of carbonyl (C=O) groups excluding carboxylic acids is 1. The number of amides is 1. The van der Waals surface area contributed by atoms with Crippen molar-refractivity contribution in [2.45, 2.75) is 39.5 Å². The summed E-state index contributed by atoms with van der Waals surface area (Å²) in [6.07, 6.45) is 4.62. The summed E-state index contributed by atoms with van der Waals surface area (Å²) in [5.74, 6) is 0.863. The van der Waals surface area contributed by atoms with E-state index in [0.29, 0.717) is 29.5 Å². The standard InChI is InChI=1S/C16H26N2O2/c1-4-6-8-12(5-2)11-18-16(19)13-9-7-10-14(17)15(13)20-3/h7,9-10,12H,4-6,8,11,17H2,1-3H3,(H,18,19). The number of nitrogen functional groups attached to an aromatic ring is 1.